The second-order valence-electron chi connectivity index (χ2n) is 6.04. The largest absolute Gasteiger partial charge is 0.455 e. The van der Waals surface area contributed by atoms with Gasteiger partial charge in [0.05, 0.1) is 5.69 Å². The number of amides is 2. The van der Waals surface area contributed by atoms with Gasteiger partial charge in [0.2, 0.25) is 11.8 Å². The lowest BCUT2D eigenvalue weighted by molar-refractivity contribution is -0.126. The van der Waals surface area contributed by atoms with Gasteiger partial charge in [-0.15, -0.1) is 0 Å². The van der Waals surface area contributed by atoms with Gasteiger partial charge in [-0.3, -0.25) is 9.59 Å². The van der Waals surface area contributed by atoms with E-state index in [0.29, 0.717) is 28.8 Å². The van der Waals surface area contributed by atoms with Gasteiger partial charge in [-0.25, -0.2) is 0 Å². The van der Waals surface area contributed by atoms with E-state index >= 15 is 0 Å². The number of carbonyl (C=O) groups is 2. The van der Waals surface area contributed by atoms with Gasteiger partial charge in [0, 0.05) is 11.6 Å². The van der Waals surface area contributed by atoms with Gasteiger partial charge in [0.15, 0.2) is 5.75 Å². The number of hydrogen-bond donors (Lipinski definition) is 2. The first kappa shape index (κ1) is 19.5. The third-order valence-electron chi connectivity index (χ3n) is 3.86. The molecule has 0 bridgehead atoms. The van der Waals surface area contributed by atoms with Gasteiger partial charge in [0.25, 0.3) is 0 Å². The van der Waals surface area contributed by atoms with E-state index in [1.165, 1.54) is 0 Å². The summed E-state index contributed by atoms with van der Waals surface area (Å²) in [7, 11) is 0. The minimum absolute atomic E-state index is 0.284. The van der Waals surface area contributed by atoms with Crippen LogP contribution in [-0.4, -0.2) is 11.8 Å². The molecule has 0 radical (unpaired) electrons. The van der Waals surface area contributed by atoms with Crippen molar-refractivity contribution in [1.82, 2.24) is 5.32 Å². The fourth-order valence-corrected chi connectivity index (χ4v) is 2.61. The number of nitrogens with one attached hydrogen (secondary N) is 2. The van der Waals surface area contributed by atoms with Crippen LogP contribution in [0, 0.1) is 0 Å². The Bertz CT molecular complexity index is 944. The molecule has 0 spiro atoms. The van der Waals surface area contributed by atoms with Crippen LogP contribution in [0.15, 0.2) is 78.9 Å². The molecule has 5 nitrogen and oxygen atoms in total. The van der Waals surface area contributed by atoms with Gasteiger partial charge >= 0.3 is 0 Å². The normalized spacial score (nSPS) is 10.2. The first-order valence-corrected chi connectivity index (χ1v) is 9.11. The predicted octanol–water partition coefficient (Wildman–Crippen LogP) is 4.78. The molecule has 0 saturated carbocycles. The molecule has 28 heavy (non-hydrogen) atoms. The van der Waals surface area contributed by atoms with Gasteiger partial charge in [-0.1, -0.05) is 54.1 Å². The Balaban J connectivity index is 1.54. The van der Waals surface area contributed by atoms with Crippen molar-refractivity contribution in [2.45, 2.75) is 13.0 Å². The van der Waals surface area contributed by atoms with Crippen LogP contribution in [0.1, 0.15) is 12.0 Å². The average molecular weight is 395 g/mol. The van der Waals surface area contributed by atoms with Crippen LogP contribution in [-0.2, 0) is 16.1 Å². The molecule has 0 saturated heterocycles. The maximum absolute atomic E-state index is 12.2. The van der Waals surface area contributed by atoms with Gasteiger partial charge in [0.1, 0.15) is 12.2 Å². The SMILES string of the molecule is O=C(CC(=O)Nc1ccccc1Oc1ccccc1)NCc1ccc(Cl)cc1. The Morgan fingerprint density at radius 1 is 0.821 bits per heavy atom. The minimum atomic E-state index is -0.419. The number of anilines is 1. The van der Waals surface area contributed by atoms with Gasteiger partial charge in [-0.05, 0) is 42.0 Å². The van der Waals surface area contributed by atoms with Crippen molar-refractivity contribution in [1.29, 1.82) is 0 Å². The Morgan fingerprint density at radius 3 is 2.25 bits per heavy atom. The molecule has 6 heteroatoms. The second-order valence-corrected chi connectivity index (χ2v) is 6.48. The molecule has 0 unspecified atom stereocenters. The molecule has 2 N–H and O–H groups in total. The molecular weight excluding hydrogens is 376 g/mol. The summed E-state index contributed by atoms with van der Waals surface area (Å²) < 4.78 is 5.80. The highest BCUT2D eigenvalue weighted by Gasteiger charge is 2.12. The zero-order valence-corrected chi connectivity index (χ0v) is 15.8. The molecule has 3 rings (SSSR count). The number of benzene rings is 3. The highest BCUT2D eigenvalue weighted by Crippen LogP contribution is 2.29. The molecule has 142 valence electrons. The van der Waals surface area contributed by atoms with Crippen molar-refractivity contribution in [3.63, 3.8) is 0 Å². The second kappa shape index (κ2) is 9.58. The number of carbonyl (C=O) groups excluding carboxylic acids is 2. The predicted molar refractivity (Wildman–Crippen MR) is 110 cm³/mol. The number of ether oxygens (including phenoxy) is 1. The van der Waals surface area contributed by atoms with Gasteiger partial charge < -0.3 is 15.4 Å². The van der Waals surface area contributed by atoms with Gasteiger partial charge in [-0.2, -0.15) is 0 Å². The van der Waals surface area contributed by atoms with Crippen LogP contribution in [0.4, 0.5) is 5.69 Å². The summed E-state index contributed by atoms with van der Waals surface area (Å²) in [5.74, 6) is 0.375. The van der Waals surface area contributed by atoms with E-state index in [9.17, 15) is 9.59 Å². The average Bonchev–Trinajstić information content (AvgIpc) is 2.70. The molecule has 0 fully saturated rings. The molecule has 0 atom stereocenters. The van der Waals surface area contributed by atoms with Crippen molar-refractivity contribution >= 4 is 29.1 Å². The smallest absolute Gasteiger partial charge is 0.233 e. The molecular formula is C22H19ClN2O3. The fourth-order valence-electron chi connectivity index (χ4n) is 2.48. The lowest BCUT2D eigenvalue weighted by Gasteiger charge is -2.12. The van der Waals surface area contributed by atoms with Crippen molar-refractivity contribution in [2.24, 2.45) is 0 Å². The van der Waals surface area contributed by atoms with Crippen LogP contribution >= 0.6 is 11.6 Å². The molecule has 3 aromatic rings. The quantitative estimate of drug-likeness (QED) is 0.567. The third-order valence-corrected chi connectivity index (χ3v) is 4.11. The lowest BCUT2D eigenvalue weighted by atomic mass is 10.2. The zero-order chi connectivity index (χ0) is 19.8. The monoisotopic (exact) mass is 394 g/mol. The van der Waals surface area contributed by atoms with E-state index in [4.69, 9.17) is 16.3 Å². The van der Waals surface area contributed by atoms with Crippen LogP contribution in [0.25, 0.3) is 0 Å². The van der Waals surface area contributed by atoms with Crippen molar-refractivity contribution in [2.75, 3.05) is 5.32 Å². The summed E-state index contributed by atoms with van der Waals surface area (Å²) in [6.07, 6.45) is -0.284. The molecule has 2 amide bonds. The van der Waals surface area contributed by atoms with E-state index in [0.717, 1.165) is 5.56 Å². The first-order chi connectivity index (χ1) is 13.6. The highest BCUT2D eigenvalue weighted by atomic mass is 35.5. The maximum Gasteiger partial charge on any atom is 0.233 e. The Kier molecular flexibility index (Phi) is 6.65. The Morgan fingerprint density at radius 2 is 1.50 bits per heavy atom. The topological polar surface area (TPSA) is 67.4 Å². The zero-order valence-electron chi connectivity index (χ0n) is 15.0. The number of hydrogen-bond acceptors (Lipinski definition) is 3. The van der Waals surface area contributed by atoms with Crippen LogP contribution in [0.2, 0.25) is 5.02 Å². The van der Waals surface area contributed by atoms with E-state index in [1.54, 1.807) is 30.3 Å². The lowest BCUT2D eigenvalue weighted by Crippen LogP contribution is -2.27. The third kappa shape index (κ3) is 5.86. The van der Waals surface area contributed by atoms with Crippen molar-refractivity contribution in [3.05, 3.63) is 89.4 Å². The molecule has 0 heterocycles. The summed E-state index contributed by atoms with van der Waals surface area (Å²) in [5.41, 5.74) is 1.40. The molecule has 3 aromatic carbocycles. The van der Waals surface area contributed by atoms with Crippen molar-refractivity contribution in [3.8, 4) is 11.5 Å². The van der Waals surface area contributed by atoms with Crippen LogP contribution < -0.4 is 15.4 Å². The summed E-state index contributed by atoms with van der Waals surface area (Å²) in [5, 5.41) is 6.07. The van der Waals surface area contributed by atoms with E-state index in [1.807, 2.05) is 48.5 Å². The standard InChI is InChI=1S/C22H19ClN2O3/c23-17-12-10-16(11-13-17)15-24-21(26)14-22(27)25-19-8-4-5-9-20(19)28-18-6-2-1-3-7-18/h1-13H,14-15H2,(H,24,26)(H,25,27). The minimum Gasteiger partial charge on any atom is -0.455 e. The number of halogens is 1. The first-order valence-electron chi connectivity index (χ1n) is 8.73. The summed E-state index contributed by atoms with van der Waals surface area (Å²) in [6.45, 7) is 0.330. The Labute approximate surface area is 168 Å². The fraction of sp³-hybridized carbons (Fsp3) is 0.0909. The highest BCUT2D eigenvalue weighted by molar-refractivity contribution is 6.30. The molecule has 0 aromatic heterocycles. The molecule has 0 aliphatic rings. The Hall–Kier alpha value is -3.31. The molecule has 0 aliphatic carbocycles. The summed E-state index contributed by atoms with van der Waals surface area (Å²) in [4.78, 5) is 24.3. The number of para-hydroxylation sites is 3. The van der Waals surface area contributed by atoms with E-state index in [-0.39, 0.29) is 12.3 Å². The van der Waals surface area contributed by atoms with Crippen LogP contribution in [0.5, 0.6) is 11.5 Å². The van der Waals surface area contributed by atoms with Crippen molar-refractivity contribution < 1.29 is 14.3 Å². The van der Waals surface area contributed by atoms with Crippen LogP contribution in [0.3, 0.4) is 0 Å². The van der Waals surface area contributed by atoms with E-state index in [2.05, 4.69) is 10.6 Å². The summed E-state index contributed by atoms with van der Waals surface area (Å²) in [6, 6.07) is 23.5. The van der Waals surface area contributed by atoms with E-state index < -0.39 is 5.91 Å². The molecule has 0 aliphatic heterocycles. The summed E-state index contributed by atoms with van der Waals surface area (Å²) >= 11 is 5.83. The number of rotatable bonds is 7. The maximum atomic E-state index is 12.2.